The van der Waals surface area contributed by atoms with Gasteiger partial charge in [-0.05, 0) is 60.9 Å². The Labute approximate surface area is 213 Å². The van der Waals surface area contributed by atoms with Gasteiger partial charge in [0.15, 0.2) is 11.5 Å². The third-order valence-corrected chi connectivity index (χ3v) is 7.40. The Bertz CT molecular complexity index is 1440. The zero-order valence-corrected chi connectivity index (χ0v) is 21.7. The van der Waals surface area contributed by atoms with Crippen LogP contribution in [0.15, 0.2) is 46.3 Å². The molecule has 0 fully saturated rings. The number of aromatic nitrogens is 2. The van der Waals surface area contributed by atoms with Crippen molar-refractivity contribution in [2.45, 2.75) is 18.2 Å². The summed E-state index contributed by atoms with van der Waals surface area (Å²) in [5.41, 5.74) is 2.64. The van der Waals surface area contributed by atoms with Gasteiger partial charge in [-0.3, -0.25) is 10.1 Å². The van der Waals surface area contributed by atoms with Gasteiger partial charge in [-0.15, -0.1) is 10.2 Å². The summed E-state index contributed by atoms with van der Waals surface area (Å²) in [7, 11) is -2.07. The van der Waals surface area contributed by atoms with Crippen molar-refractivity contribution in [2.24, 2.45) is 0 Å². The van der Waals surface area contributed by atoms with E-state index >= 15 is 0 Å². The minimum Gasteiger partial charge on any atom is -0.493 e. The van der Waals surface area contributed by atoms with Crippen LogP contribution in [0.5, 0.6) is 17.2 Å². The zero-order valence-electron chi connectivity index (χ0n) is 20.1. The molecule has 0 aliphatic heterocycles. The molecular weight excluding hydrogens is 504 g/mol. The van der Waals surface area contributed by atoms with Gasteiger partial charge in [0.05, 0.1) is 7.11 Å². The number of carbonyl (C=O) groups excluding carboxylic acids is 1. The molecule has 0 radical (unpaired) electrons. The summed E-state index contributed by atoms with van der Waals surface area (Å²) in [5.74, 6) is 0.895. The van der Waals surface area contributed by atoms with Gasteiger partial charge in [0.25, 0.3) is 5.91 Å². The first-order valence-corrected chi connectivity index (χ1v) is 13.3. The smallest absolute Gasteiger partial charge is 0.268 e. The number of sulfone groups is 1. The highest BCUT2D eigenvalue weighted by Gasteiger charge is 2.17. The molecule has 10 nitrogen and oxygen atoms in total. The van der Waals surface area contributed by atoms with Crippen molar-refractivity contribution in [3.05, 3.63) is 58.7 Å². The summed E-state index contributed by atoms with van der Waals surface area (Å²) < 4.78 is 39.7. The van der Waals surface area contributed by atoms with Crippen LogP contribution in [-0.2, 0) is 14.6 Å². The molecule has 12 heteroatoms. The normalized spacial score (nSPS) is 11.5. The monoisotopic (exact) mass is 528 g/mol. The van der Waals surface area contributed by atoms with Gasteiger partial charge in [-0.2, -0.15) is 5.26 Å². The second-order valence-electron chi connectivity index (χ2n) is 7.62. The highest BCUT2D eigenvalue weighted by molar-refractivity contribution is 7.92. The van der Waals surface area contributed by atoms with Crippen LogP contribution in [0.1, 0.15) is 16.7 Å². The lowest BCUT2D eigenvalue weighted by molar-refractivity contribution is -0.112. The van der Waals surface area contributed by atoms with Crippen LogP contribution in [0.4, 0.5) is 5.13 Å². The van der Waals surface area contributed by atoms with E-state index in [0.29, 0.717) is 35.0 Å². The molecule has 1 N–H and O–H groups in total. The van der Waals surface area contributed by atoms with Crippen molar-refractivity contribution >= 4 is 38.3 Å². The lowest BCUT2D eigenvalue weighted by Gasteiger charge is -2.13. The van der Waals surface area contributed by atoms with Crippen LogP contribution in [0.25, 0.3) is 6.08 Å². The third-order valence-electron chi connectivity index (χ3n) is 4.90. The van der Waals surface area contributed by atoms with Crippen molar-refractivity contribution in [3.8, 4) is 23.3 Å². The summed E-state index contributed by atoms with van der Waals surface area (Å²) >= 11 is 0.694. The van der Waals surface area contributed by atoms with Crippen molar-refractivity contribution in [3.63, 3.8) is 0 Å². The van der Waals surface area contributed by atoms with Crippen LogP contribution in [0.3, 0.4) is 0 Å². The number of nitriles is 1. The van der Waals surface area contributed by atoms with Crippen molar-refractivity contribution in [2.75, 3.05) is 31.9 Å². The first kappa shape index (κ1) is 26.7. The van der Waals surface area contributed by atoms with Gasteiger partial charge in [0, 0.05) is 6.26 Å². The molecule has 36 heavy (non-hydrogen) atoms. The first-order valence-electron chi connectivity index (χ1n) is 10.6. The second-order valence-corrected chi connectivity index (χ2v) is 10.8. The van der Waals surface area contributed by atoms with E-state index in [1.807, 2.05) is 38.1 Å². The van der Waals surface area contributed by atoms with Crippen molar-refractivity contribution in [1.29, 1.82) is 5.26 Å². The van der Waals surface area contributed by atoms with E-state index in [4.69, 9.17) is 14.2 Å². The molecule has 1 amide bonds. The molecule has 0 saturated heterocycles. The van der Waals surface area contributed by atoms with Crippen LogP contribution >= 0.6 is 11.3 Å². The van der Waals surface area contributed by atoms with Gasteiger partial charge in [0.2, 0.25) is 19.3 Å². The maximum atomic E-state index is 12.5. The number of anilines is 1. The number of amides is 1. The van der Waals surface area contributed by atoms with Crippen molar-refractivity contribution in [1.82, 2.24) is 10.2 Å². The van der Waals surface area contributed by atoms with E-state index in [1.54, 1.807) is 18.2 Å². The summed E-state index contributed by atoms with van der Waals surface area (Å²) in [4.78, 5) is 12.5. The molecule has 0 unspecified atom stereocenters. The fraction of sp³-hybridized carbons (Fsp3) is 0.250. The molecule has 0 atom stereocenters. The molecule has 2 aromatic carbocycles. The van der Waals surface area contributed by atoms with Crippen LogP contribution in [0.2, 0.25) is 0 Å². The minimum atomic E-state index is -3.55. The van der Waals surface area contributed by atoms with E-state index in [-0.39, 0.29) is 21.7 Å². The van der Waals surface area contributed by atoms with Crippen LogP contribution in [0, 0.1) is 25.2 Å². The van der Waals surface area contributed by atoms with Gasteiger partial charge < -0.3 is 14.2 Å². The molecule has 0 aliphatic rings. The topological polar surface area (TPSA) is 140 Å². The van der Waals surface area contributed by atoms with Gasteiger partial charge >= 0.3 is 0 Å². The summed E-state index contributed by atoms with van der Waals surface area (Å²) in [5, 5.41) is 18.9. The average molecular weight is 529 g/mol. The number of nitrogens with zero attached hydrogens (tertiary/aromatic N) is 3. The van der Waals surface area contributed by atoms with Gasteiger partial charge in [-0.1, -0.05) is 23.5 Å². The van der Waals surface area contributed by atoms with Crippen molar-refractivity contribution < 1.29 is 27.4 Å². The average Bonchev–Trinajstić information content (AvgIpc) is 3.32. The minimum absolute atomic E-state index is 0.0362. The summed E-state index contributed by atoms with van der Waals surface area (Å²) in [6, 6.07) is 12.6. The molecule has 188 valence electrons. The highest BCUT2D eigenvalue weighted by Crippen LogP contribution is 2.29. The Morgan fingerprint density at radius 1 is 1.08 bits per heavy atom. The molecule has 0 bridgehead atoms. The number of carbonyl (C=O) groups is 1. The molecule has 0 saturated carbocycles. The lowest BCUT2D eigenvalue weighted by atomic mass is 10.1. The number of hydrogen-bond donors (Lipinski definition) is 1. The fourth-order valence-electron chi connectivity index (χ4n) is 2.90. The molecule has 3 aromatic rings. The highest BCUT2D eigenvalue weighted by atomic mass is 32.2. The van der Waals surface area contributed by atoms with Crippen LogP contribution in [-0.4, -0.2) is 51.1 Å². The van der Waals surface area contributed by atoms with Gasteiger partial charge in [0.1, 0.15) is 30.6 Å². The molecule has 1 aromatic heterocycles. The second kappa shape index (κ2) is 11.7. The number of benzene rings is 2. The fourth-order valence-corrected chi connectivity index (χ4v) is 4.40. The number of aryl methyl sites for hydroxylation is 2. The SMILES string of the molecule is COc1cc(C=C(C#N)C(=O)Nc2nnc(S(C)(=O)=O)s2)ccc1OCCOc1ccc(C)c(C)c1. The quantitative estimate of drug-likeness (QED) is 0.181. The Morgan fingerprint density at radius 2 is 1.83 bits per heavy atom. The first-order chi connectivity index (χ1) is 17.1. The Kier molecular flexibility index (Phi) is 8.63. The number of ether oxygens (including phenoxy) is 3. The van der Waals surface area contributed by atoms with Crippen LogP contribution < -0.4 is 19.5 Å². The van der Waals surface area contributed by atoms with Gasteiger partial charge in [-0.25, -0.2) is 8.42 Å². The Balaban J connectivity index is 1.64. The number of hydrogen-bond acceptors (Lipinski definition) is 10. The van der Waals surface area contributed by atoms with E-state index in [2.05, 4.69) is 15.5 Å². The maximum absolute atomic E-state index is 12.5. The molecule has 0 aliphatic carbocycles. The lowest BCUT2D eigenvalue weighted by Crippen LogP contribution is -2.13. The Hall–Kier alpha value is -3.95. The predicted octanol–water partition coefficient (Wildman–Crippen LogP) is 3.57. The molecule has 0 spiro atoms. The predicted molar refractivity (Wildman–Crippen MR) is 135 cm³/mol. The Morgan fingerprint density at radius 3 is 2.47 bits per heavy atom. The number of methoxy groups -OCH3 is 1. The summed E-state index contributed by atoms with van der Waals surface area (Å²) in [6.07, 6.45) is 2.35. The molecular formula is C24H24N4O6S2. The third kappa shape index (κ3) is 7.03. The summed E-state index contributed by atoms with van der Waals surface area (Å²) in [6.45, 7) is 4.67. The van der Waals surface area contributed by atoms with E-state index < -0.39 is 15.7 Å². The molecule has 1 heterocycles. The maximum Gasteiger partial charge on any atom is 0.268 e. The number of nitrogens with one attached hydrogen (secondary N) is 1. The van der Waals surface area contributed by atoms with E-state index in [0.717, 1.165) is 17.6 Å². The molecule has 3 rings (SSSR count). The van der Waals surface area contributed by atoms with E-state index in [9.17, 15) is 18.5 Å². The van der Waals surface area contributed by atoms with E-state index in [1.165, 1.54) is 18.7 Å². The number of rotatable bonds is 10. The zero-order chi connectivity index (χ0) is 26.3. The standard InChI is InChI=1S/C24H24N4O6S2/c1-15-5-7-19(11-16(15)2)33-9-10-34-20-8-6-17(13-21(20)32-3)12-18(14-25)22(29)26-23-27-28-24(35-23)36(4,30)31/h5-8,11-13H,9-10H2,1-4H3,(H,26,27,29). The largest absolute Gasteiger partial charge is 0.493 e.